The predicted octanol–water partition coefficient (Wildman–Crippen LogP) is 1.82. The molecule has 0 spiro atoms. The molecular formula is C12H21N3. The quantitative estimate of drug-likeness (QED) is 0.800. The zero-order valence-electron chi connectivity index (χ0n) is 9.90. The summed E-state index contributed by atoms with van der Waals surface area (Å²) >= 11 is 0. The number of hydrogen-bond donors (Lipinski definition) is 1. The zero-order valence-corrected chi connectivity index (χ0v) is 9.90. The van der Waals surface area contributed by atoms with Crippen molar-refractivity contribution < 1.29 is 0 Å². The fraction of sp³-hybridized carbons (Fsp3) is 0.583. The molecule has 15 heavy (non-hydrogen) atoms. The van der Waals surface area contributed by atoms with Gasteiger partial charge in [0.25, 0.3) is 0 Å². The van der Waals surface area contributed by atoms with Crippen molar-refractivity contribution in [1.29, 1.82) is 0 Å². The van der Waals surface area contributed by atoms with E-state index in [1.807, 2.05) is 6.20 Å². The van der Waals surface area contributed by atoms with Gasteiger partial charge in [0.1, 0.15) is 0 Å². The zero-order chi connectivity index (χ0) is 11.3. The molecule has 3 nitrogen and oxygen atoms in total. The molecule has 84 valence electrons. The van der Waals surface area contributed by atoms with Gasteiger partial charge in [-0.1, -0.05) is 6.92 Å². The summed E-state index contributed by atoms with van der Waals surface area (Å²) in [7, 11) is 0. The van der Waals surface area contributed by atoms with Gasteiger partial charge < -0.3 is 10.6 Å². The van der Waals surface area contributed by atoms with E-state index in [0.717, 1.165) is 18.7 Å². The van der Waals surface area contributed by atoms with Crippen LogP contribution in [0.1, 0.15) is 26.5 Å². The van der Waals surface area contributed by atoms with Crippen LogP contribution < -0.4 is 10.6 Å². The summed E-state index contributed by atoms with van der Waals surface area (Å²) in [5.41, 5.74) is 7.98. The lowest BCUT2D eigenvalue weighted by molar-refractivity contribution is 0.683. The van der Waals surface area contributed by atoms with E-state index in [1.54, 1.807) is 0 Å². The number of nitrogens with two attached hydrogens (primary N) is 1. The Kier molecular flexibility index (Phi) is 4.56. The molecule has 0 saturated heterocycles. The molecule has 3 heteroatoms. The summed E-state index contributed by atoms with van der Waals surface area (Å²) in [6, 6.07) is 4.67. The van der Waals surface area contributed by atoms with Crippen molar-refractivity contribution in [3.63, 3.8) is 0 Å². The number of pyridine rings is 1. The molecule has 0 fully saturated rings. The van der Waals surface area contributed by atoms with Crippen LogP contribution >= 0.6 is 0 Å². The maximum Gasteiger partial charge on any atom is 0.0421 e. The predicted molar refractivity (Wildman–Crippen MR) is 65.2 cm³/mol. The van der Waals surface area contributed by atoms with Crippen molar-refractivity contribution in [2.24, 2.45) is 5.73 Å². The normalized spacial score (nSPS) is 10.7. The van der Waals surface area contributed by atoms with Crippen molar-refractivity contribution >= 4 is 5.69 Å². The van der Waals surface area contributed by atoms with Crippen molar-refractivity contribution in [2.45, 2.75) is 33.2 Å². The molecule has 1 heterocycles. The number of nitrogens with zero attached hydrogens (tertiary/aromatic N) is 2. The van der Waals surface area contributed by atoms with E-state index in [4.69, 9.17) is 5.73 Å². The van der Waals surface area contributed by atoms with Gasteiger partial charge >= 0.3 is 0 Å². The second-order valence-corrected chi connectivity index (χ2v) is 3.93. The molecule has 0 amide bonds. The molecule has 1 aromatic rings. The molecule has 0 saturated carbocycles. The second kappa shape index (κ2) is 5.71. The van der Waals surface area contributed by atoms with Gasteiger partial charge in [-0.2, -0.15) is 0 Å². The largest absolute Gasteiger partial charge is 0.368 e. The lowest BCUT2D eigenvalue weighted by Crippen LogP contribution is -2.35. The third-order valence-corrected chi connectivity index (χ3v) is 2.49. The van der Waals surface area contributed by atoms with Gasteiger partial charge in [-0.05, 0) is 32.4 Å². The SMILES string of the molecule is CCc1cc(N(CCN)C(C)C)ccn1. The highest BCUT2D eigenvalue weighted by Gasteiger charge is 2.09. The molecular weight excluding hydrogens is 186 g/mol. The third-order valence-electron chi connectivity index (χ3n) is 2.49. The summed E-state index contributed by atoms with van der Waals surface area (Å²) < 4.78 is 0. The Morgan fingerprint density at radius 3 is 2.73 bits per heavy atom. The van der Waals surface area contributed by atoms with Gasteiger partial charge in [-0.15, -0.1) is 0 Å². The lowest BCUT2D eigenvalue weighted by atomic mass is 10.2. The topological polar surface area (TPSA) is 42.1 Å². The summed E-state index contributed by atoms with van der Waals surface area (Å²) in [6.07, 6.45) is 2.85. The second-order valence-electron chi connectivity index (χ2n) is 3.93. The summed E-state index contributed by atoms with van der Waals surface area (Å²) in [6.45, 7) is 8.06. The average molecular weight is 207 g/mol. The van der Waals surface area contributed by atoms with E-state index in [1.165, 1.54) is 5.69 Å². The van der Waals surface area contributed by atoms with E-state index in [2.05, 4.69) is 42.8 Å². The average Bonchev–Trinajstić information content (AvgIpc) is 2.25. The summed E-state index contributed by atoms with van der Waals surface area (Å²) in [4.78, 5) is 6.61. The van der Waals surface area contributed by atoms with Crippen molar-refractivity contribution in [3.8, 4) is 0 Å². The van der Waals surface area contributed by atoms with Gasteiger partial charge in [0.2, 0.25) is 0 Å². The molecule has 1 aromatic heterocycles. The smallest absolute Gasteiger partial charge is 0.0421 e. The van der Waals surface area contributed by atoms with E-state index in [9.17, 15) is 0 Å². The summed E-state index contributed by atoms with van der Waals surface area (Å²) in [5, 5.41) is 0. The first-order valence-corrected chi connectivity index (χ1v) is 5.60. The maximum absolute atomic E-state index is 5.62. The maximum atomic E-state index is 5.62. The minimum absolute atomic E-state index is 0.473. The molecule has 0 bridgehead atoms. The molecule has 0 aliphatic heterocycles. The molecule has 0 aromatic carbocycles. The first-order valence-electron chi connectivity index (χ1n) is 5.60. The lowest BCUT2D eigenvalue weighted by Gasteiger charge is -2.28. The molecule has 1 rings (SSSR count). The van der Waals surface area contributed by atoms with Crippen LogP contribution in [0.15, 0.2) is 18.3 Å². The molecule has 0 atom stereocenters. The molecule has 0 unspecified atom stereocenters. The van der Waals surface area contributed by atoms with Gasteiger partial charge in [0.15, 0.2) is 0 Å². The van der Waals surface area contributed by atoms with Crippen molar-refractivity contribution in [3.05, 3.63) is 24.0 Å². The minimum atomic E-state index is 0.473. The van der Waals surface area contributed by atoms with E-state index in [-0.39, 0.29) is 0 Å². The van der Waals surface area contributed by atoms with Crippen LogP contribution in [0, 0.1) is 0 Å². The van der Waals surface area contributed by atoms with Crippen molar-refractivity contribution in [1.82, 2.24) is 4.98 Å². The molecule has 0 aliphatic carbocycles. The highest BCUT2D eigenvalue weighted by atomic mass is 15.2. The van der Waals surface area contributed by atoms with Gasteiger partial charge in [0, 0.05) is 36.7 Å². The van der Waals surface area contributed by atoms with E-state index >= 15 is 0 Å². The van der Waals surface area contributed by atoms with Crippen LogP contribution in [-0.2, 0) is 6.42 Å². The molecule has 0 radical (unpaired) electrons. The van der Waals surface area contributed by atoms with Gasteiger partial charge in [0.05, 0.1) is 0 Å². The molecule has 2 N–H and O–H groups in total. The van der Waals surface area contributed by atoms with E-state index < -0.39 is 0 Å². The Hall–Kier alpha value is -1.09. The first-order chi connectivity index (χ1) is 7.19. The highest BCUT2D eigenvalue weighted by molar-refractivity contribution is 5.47. The van der Waals surface area contributed by atoms with Crippen LogP contribution in [0.3, 0.4) is 0 Å². The van der Waals surface area contributed by atoms with Crippen molar-refractivity contribution in [2.75, 3.05) is 18.0 Å². The Morgan fingerprint density at radius 2 is 2.20 bits per heavy atom. The van der Waals surface area contributed by atoms with Crippen LogP contribution in [0.2, 0.25) is 0 Å². The summed E-state index contributed by atoms with van der Waals surface area (Å²) in [5.74, 6) is 0. The van der Waals surface area contributed by atoms with Crippen LogP contribution in [-0.4, -0.2) is 24.1 Å². The Bertz CT molecular complexity index is 297. The third kappa shape index (κ3) is 3.20. The van der Waals surface area contributed by atoms with Crippen LogP contribution in [0.4, 0.5) is 5.69 Å². The Morgan fingerprint density at radius 1 is 1.47 bits per heavy atom. The number of hydrogen-bond acceptors (Lipinski definition) is 3. The number of aromatic nitrogens is 1. The fourth-order valence-corrected chi connectivity index (χ4v) is 1.66. The van der Waals surface area contributed by atoms with Crippen LogP contribution in [0.25, 0.3) is 0 Å². The Labute approximate surface area is 92.3 Å². The van der Waals surface area contributed by atoms with Crippen LogP contribution in [0.5, 0.6) is 0 Å². The first kappa shape index (κ1) is 12.0. The molecule has 0 aliphatic rings. The Balaban J connectivity index is 2.89. The number of anilines is 1. The van der Waals surface area contributed by atoms with E-state index in [0.29, 0.717) is 12.6 Å². The van der Waals surface area contributed by atoms with Gasteiger partial charge in [-0.3, -0.25) is 4.98 Å². The van der Waals surface area contributed by atoms with Gasteiger partial charge in [-0.25, -0.2) is 0 Å². The standard InChI is InChI=1S/C12H21N3/c1-4-11-9-12(5-7-14-11)15(8-6-13)10(2)3/h5,7,9-10H,4,6,8,13H2,1-3H3. The minimum Gasteiger partial charge on any atom is -0.368 e. The highest BCUT2D eigenvalue weighted by Crippen LogP contribution is 2.17. The monoisotopic (exact) mass is 207 g/mol. The fourth-order valence-electron chi connectivity index (χ4n) is 1.66. The number of rotatable bonds is 5. The number of aryl methyl sites for hydroxylation is 1.